The van der Waals surface area contributed by atoms with E-state index in [0.29, 0.717) is 0 Å². The molecule has 1 aliphatic rings. The van der Waals surface area contributed by atoms with Gasteiger partial charge >= 0.3 is 17.9 Å². The minimum atomic E-state index is -2.74. The van der Waals surface area contributed by atoms with E-state index in [2.05, 4.69) is 4.40 Å². The molecule has 0 aromatic rings. The van der Waals surface area contributed by atoms with Gasteiger partial charge in [-0.2, -0.15) is 4.40 Å². The monoisotopic (exact) mass is 341 g/mol. The molecular weight excluding hydrogens is 330 g/mol. The molecule has 1 heterocycles. The van der Waals surface area contributed by atoms with Gasteiger partial charge in [-0.1, -0.05) is 11.6 Å². The lowest BCUT2D eigenvalue weighted by molar-refractivity contribution is -0.170. The summed E-state index contributed by atoms with van der Waals surface area (Å²) in [7, 11) is 0. The molecule has 11 heteroatoms. The fraction of sp³-hybridized carbons (Fsp3) is 0.500. The van der Waals surface area contributed by atoms with Crippen LogP contribution in [0.1, 0.15) is 19.8 Å². The smallest absolute Gasteiger partial charge is 0.336 e. The van der Waals surface area contributed by atoms with Crippen LogP contribution in [0.2, 0.25) is 0 Å². The summed E-state index contributed by atoms with van der Waals surface area (Å²) in [5.41, 5.74) is -2.74. The SMILES string of the molecule is CC1SN=C(Cl)C1=O.O=C(O)CC(O)(CC(=O)O)C(=O)O. The molecule has 21 heavy (non-hydrogen) atoms. The molecule has 1 unspecified atom stereocenters. The zero-order valence-electron chi connectivity index (χ0n) is 10.6. The maximum absolute atomic E-state index is 10.6. The number of halogens is 1. The van der Waals surface area contributed by atoms with Crippen molar-refractivity contribution in [1.82, 2.24) is 0 Å². The second kappa shape index (κ2) is 7.96. The average molecular weight is 342 g/mol. The molecule has 0 amide bonds. The van der Waals surface area contributed by atoms with E-state index in [-0.39, 0.29) is 16.2 Å². The van der Waals surface area contributed by atoms with Crippen molar-refractivity contribution in [2.24, 2.45) is 4.40 Å². The normalized spacial score (nSPS) is 17.6. The van der Waals surface area contributed by atoms with Gasteiger partial charge in [0.2, 0.25) is 5.78 Å². The maximum Gasteiger partial charge on any atom is 0.336 e. The highest BCUT2D eigenvalue weighted by molar-refractivity contribution is 8.00. The Morgan fingerprint density at radius 1 is 1.24 bits per heavy atom. The zero-order valence-corrected chi connectivity index (χ0v) is 12.2. The Kier molecular flexibility index (Phi) is 7.33. The van der Waals surface area contributed by atoms with Crippen molar-refractivity contribution in [2.75, 3.05) is 0 Å². The lowest BCUT2D eigenvalue weighted by atomic mass is 9.96. The van der Waals surface area contributed by atoms with Crippen LogP contribution in [0.4, 0.5) is 0 Å². The van der Waals surface area contributed by atoms with Crippen molar-refractivity contribution in [1.29, 1.82) is 0 Å². The maximum atomic E-state index is 10.6. The molecule has 0 radical (unpaired) electrons. The van der Waals surface area contributed by atoms with Crippen LogP contribution in [-0.2, 0) is 19.2 Å². The Labute approximate surface area is 127 Å². The summed E-state index contributed by atoms with van der Waals surface area (Å²) < 4.78 is 3.65. The molecule has 9 nitrogen and oxygen atoms in total. The first-order valence-electron chi connectivity index (χ1n) is 5.32. The zero-order chi connectivity index (χ0) is 16.8. The highest BCUT2D eigenvalue weighted by Crippen LogP contribution is 2.22. The number of aliphatic hydroxyl groups is 1. The van der Waals surface area contributed by atoms with Gasteiger partial charge < -0.3 is 20.4 Å². The molecular formula is C10H12ClNO8S. The van der Waals surface area contributed by atoms with E-state index in [4.69, 9.17) is 32.0 Å². The number of carbonyl (C=O) groups is 4. The number of hydrogen-bond acceptors (Lipinski definition) is 7. The van der Waals surface area contributed by atoms with Gasteiger partial charge in [0.1, 0.15) is 0 Å². The number of rotatable bonds is 5. The van der Waals surface area contributed by atoms with E-state index in [0.717, 1.165) is 0 Å². The molecule has 0 fully saturated rings. The molecule has 0 aliphatic carbocycles. The second-order valence-electron chi connectivity index (χ2n) is 3.97. The Morgan fingerprint density at radius 2 is 1.67 bits per heavy atom. The van der Waals surface area contributed by atoms with Gasteiger partial charge in [0.25, 0.3) is 0 Å². The highest BCUT2D eigenvalue weighted by atomic mass is 35.5. The van der Waals surface area contributed by atoms with Crippen LogP contribution < -0.4 is 0 Å². The quantitative estimate of drug-likeness (QED) is 0.504. The van der Waals surface area contributed by atoms with Crippen molar-refractivity contribution in [2.45, 2.75) is 30.6 Å². The van der Waals surface area contributed by atoms with Crippen molar-refractivity contribution in [3.63, 3.8) is 0 Å². The molecule has 1 aliphatic heterocycles. The van der Waals surface area contributed by atoms with Gasteiger partial charge in [0.15, 0.2) is 10.8 Å². The van der Waals surface area contributed by atoms with Gasteiger partial charge in [-0.05, 0) is 18.9 Å². The van der Waals surface area contributed by atoms with Crippen LogP contribution in [-0.4, -0.2) is 60.1 Å². The fourth-order valence-electron chi connectivity index (χ4n) is 1.10. The predicted octanol–water partition coefficient (Wildman–Crippen LogP) is -0.00540. The molecule has 0 spiro atoms. The summed E-state index contributed by atoms with van der Waals surface area (Å²) in [6.07, 6.45) is -2.29. The molecule has 0 saturated carbocycles. The largest absolute Gasteiger partial charge is 0.481 e. The number of carboxylic acids is 3. The van der Waals surface area contributed by atoms with Crippen LogP contribution in [0.5, 0.6) is 0 Å². The van der Waals surface area contributed by atoms with E-state index in [1.165, 1.54) is 11.9 Å². The summed E-state index contributed by atoms with van der Waals surface area (Å²) in [5, 5.41) is 33.9. The lowest BCUT2D eigenvalue weighted by Crippen LogP contribution is -2.42. The molecule has 1 rings (SSSR count). The van der Waals surface area contributed by atoms with E-state index in [1.54, 1.807) is 6.92 Å². The number of hydrogen-bond donors (Lipinski definition) is 4. The van der Waals surface area contributed by atoms with E-state index in [1.807, 2.05) is 0 Å². The average Bonchev–Trinajstić information content (AvgIpc) is 2.59. The molecule has 0 aromatic carbocycles. The number of nitrogens with zero attached hydrogens (tertiary/aromatic N) is 1. The highest BCUT2D eigenvalue weighted by Gasteiger charge is 2.40. The summed E-state index contributed by atoms with van der Waals surface area (Å²) in [5.74, 6) is -5.08. The summed E-state index contributed by atoms with van der Waals surface area (Å²) in [6.45, 7) is 1.78. The van der Waals surface area contributed by atoms with Gasteiger partial charge in [0.05, 0.1) is 18.1 Å². The molecule has 4 N–H and O–H groups in total. The minimum absolute atomic E-state index is 0.0586. The molecule has 0 bridgehead atoms. The predicted molar refractivity (Wildman–Crippen MR) is 72.4 cm³/mol. The van der Waals surface area contributed by atoms with Gasteiger partial charge in [-0.25, -0.2) is 4.79 Å². The van der Waals surface area contributed by atoms with E-state index >= 15 is 0 Å². The van der Waals surface area contributed by atoms with Crippen LogP contribution >= 0.6 is 23.5 Å². The van der Waals surface area contributed by atoms with Crippen molar-refractivity contribution >= 4 is 52.4 Å². The van der Waals surface area contributed by atoms with Crippen molar-refractivity contribution in [3.8, 4) is 0 Å². The third-order valence-electron chi connectivity index (χ3n) is 2.15. The summed E-state index contributed by atoms with van der Waals surface area (Å²) in [4.78, 5) is 41.1. The second-order valence-corrected chi connectivity index (χ2v) is 5.43. The first-order chi connectivity index (χ1) is 9.49. The van der Waals surface area contributed by atoms with Gasteiger partial charge in [-0.3, -0.25) is 14.4 Å². The number of aliphatic carboxylic acids is 3. The van der Waals surface area contributed by atoms with E-state index < -0.39 is 36.4 Å². The molecule has 0 aromatic heterocycles. The Balaban J connectivity index is 0.000000423. The standard InChI is InChI=1S/C6H8O7.C4H4ClNOS/c7-3(8)1-6(13,5(11)12)2-4(9)10;1-2-3(7)4(5)6-8-2/h13H,1-2H2,(H,7,8)(H,9,10)(H,11,12);2H,1H3. The third kappa shape index (κ3) is 6.56. The summed E-state index contributed by atoms with van der Waals surface area (Å²) >= 11 is 6.56. The first-order valence-corrected chi connectivity index (χ1v) is 6.54. The Morgan fingerprint density at radius 3 is 1.81 bits per heavy atom. The fourth-order valence-corrected chi connectivity index (χ4v) is 2.00. The number of ketones is 1. The van der Waals surface area contributed by atoms with E-state index in [9.17, 15) is 19.2 Å². The molecule has 1 atom stereocenters. The van der Waals surface area contributed by atoms with Crippen LogP contribution in [0.25, 0.3) is 0 Å². The van der Waals surface area contributed by atoms with Crippen molar-refractivity contribution in [3.05, 3.63) is 0 Å². The summed E-state index contributed by atoms with van der Waals surface area (Å²) in [6, 6.07) is 0. The number of carboxylic acid groups (broad SMARTS) is 3. The Bertz CT molecular complexity index is 475. The lowest BCUT2D eigenvalue weighted by Gasteiger charge is -2.18. The van der Waals surface area contributed by atoms with Crippen molar-refractivity contribution < 1.29 is 39.6 Å². The number of carbonyl (C=O) groups excluding carboxylic acids is 1. The first kappa shape index (κ1) is 19.4. The number of Topliss-reactive ketones (excluding diaryl/α,β-unsaturated/α-hetero) is 1. The molecule has 118 valence electrons. The molecule has 0 saturated heterocycles. The Hall–Kier alpha value is -1.65. The van der Waals surface area contributed by atoms with Gasteiger partial charge in [0, 0.05) is 0 Å². The topological polar surface area (TPSA) is 162 Å². The van der Waals surface area contributed by atoms with Gasteiger partial charge in [-0.15, -0.1) is 0 Å². The van der Waals surface area contributed by atoms with Crippen LogP contribution in [0, 0.1) is 0 Å². The third-order valence-corrected chi connectivity index (χ3v) is 3.34. The van der Waals surface area contributed by atoms with Crippen LogP contribution in [0.15, 0.2) is 4.40 Å². The van der Waals surface area contributed by atoms with Crippen LogP contribution in [0.3, 0.4) is 0 Å². The minimum Gasteiger partial charge on any atom is -0.481 e.